The number of terminal acetylenes is 1. The van der Waals surface area contributed by atoms with Gasteiger partial charge < -0.3 is 10.0 Å². The molecule has 0 aromatic carbocycles. The molecular weight excluding hydrogens is 142 g/mol. The van der Waals surface area contributed by atoms with Gasteiger partial charge in [-0.15, -0.1) is 6.42 Å². The fourth-order valence-electron chi connectivity index (χ4n) is 1.81. The zero-order chi connectivity index (χ0) is 8.22. The number of hydrogen-bond donors (Lipinski definition) is 1. The van der Waals surface area contributed by atoms with Crippen LogP contribution in [0, 0.1) is 18.3 Å². The molecule has 0 radical (unpaired) electrons. The Kier molecular flexibility index (Phi) is 0.967. The predicted molar refractivity (Wildman–Crippen MR) is 38.4 cm³/mol. The van der Waals surface area contributed by atoms with Crippen LogP contribution in [-0.2, 0) is 4.79 Å². The molecule has 0 aromatic heterocycles. The van der Waals surface area contributed by atoms with Gasteiger partial charge in [0.2, 0.25) is 5.60 Å². The molecule has 3 nitrogen and oxygen atoms in total. The van der Waals surface area contributed by atoms with Crippen LogP contribution in [0.15, 0.2) is 0 Å². The van der Waals surface area contributed by atoms with Crippen molar-refractivity contribution in [3.05, 3.63) is 0 Å². The Bertz CT molecular complexity index is 268. The number of rotatable bonds is 0. The Morgan fingerprint density at radius 3 is 2.82 bits per heavy atom. The third-order valence-corrected chi connectivity index (χ3v) is 2.66. The SMILES string of the molecule is C#C[C@@]1(O)C(=O)N(C)[C@@H]2CC21. The van der Waals surface area contributed by atoms with Crippen molar-refractivity contribution in [3.8, 4) is 12.3 Å². The minimum Gasteiger partial charge on any atom is -0.369 e. The van der Waals surface area contributed by atoms with Crippen LogP contribution in [0.2, 0.25) is 0 Å². The summed E-state index contributed by atoms with van der Waals surface area (Å²) < 4.78 is 0. The van der Waals surface area contributed by atoms with E-state index in [-0.39, 0.29) is 17.9 Å². The lowest BCUT2D eigenvalue weighted by atomic mass is 10.0. The van der Waals surface area contributed by atoms with Crippen LogP contribution in [0.1, 0.15) is 6.42 Å². The van der Waals surface area contributed by atoms with E-state index in [1.807, 2.05) is 0 Å². The van der Waals surface area contributed by atoms with Crippen LogP contribution in [-0.4, -0.2) is 34.6 Å². The van der Waals surface area contributed by atoms with Crippen LogP contribution in [0.5, 0.6) is 0 Å². The Morgan fingerprint density at radius 1 is 1.91 bits per heavy atom. The molecule has 1 amide bonds. The normalized spacial score (nSPS) is 47.0. The second kappa shape index (κ2) is 1.59. The first-order valence-electron chi connectivity index (χ1n) is 3.58. The Balaban J connectivity index is 2.39. The maximum absolute atomic E-state index is 11.2. The highest BCUT2D eigenvalue weighted by atomic mass is 16.3. The number of amides is 1. The van der Waals surface area contributed by atoms with Crippen molar-refractivity contribution >= 4 is 5.91 Å². The predicted octanol–water partition coefficient (Wildman–Crippen LogP) is -0.789. The van der Waals surface area contributed by atoms with Gasteiger partial charge in [0.15, 0.2) is 0 Å². The van der Waals surface area contributed by atoms with Gasteiger partial charge in [-0.1, -0.05) is 5.92 Å². The number of likely N-dealkylation sites (tertiary alicyclic amines) is 1. The molecule has 2 aliphatic rings. The fraction of sp³-hybridized carbons (Fsp3) is 0.625. The number of nitrogens with zero attached hydrogens (tertiary/aromatic N) is 1. The van der Waals surface area contributed by atoms with E-state index in [1.54, 1.807) is 11.9 Å². The fourth-order valence-corrected chi connectivity index (χ4v) is 1.81. The Hall–Kier alpha value is -1.01. The van der Waals surface area contributed by atoms with E-state index in [1.165, 1.54) is 0 Å². The van der Waals surface area contributed by atoms with Crippen molar-refractivity contribution in [2.75, 3.05) is 7.05 Å². The first-order chi connectivity index (χ1) is 5.11. The molecule has 1 heterocycles. The van der Waals surface area contributed by atoms with Crippen molar-refractivity contribution in [1.82, 2.24) is 4.90 Å². The van der Waals surface area contributed by atoms with Crippen LogP contribution in [0.4, 0.5) is 0 Å². The molecule has 11 heavy (non-hydrogen) atoms. The molecule has 0 spiro atoms. The molecule has 58 valence electrons. The standard InChI is InChI=1S/C8H9NO2/c1-3-8(11)5-4-6(5)9(2)7(8)10/h1,5-6,11H,4H2,2H3/t5?,6-,8+/m1/s1. The number of fused-ring (bicyclic) bond motifs is 1. The summed E-state index contributed by atoms with van der Waals surface area (Å²) in [7, 11) is 1.68. The third-order valence-electron chi connectivity index (χ3n) is 2.66. The molecule has 1 aliphatic carbocycles. The molecule has 1 saturated heterocycles. The lowest BCUT2D eigenvalue weighted by molar-refractivity contribution is -0.140. The quantitative estimate of drug-likeness (QED) is 0.461. The van der Waals surface area contributed by atoms with Crippen molar-refractivity contribution < 1.29 is 9.90 Å². The number of carbonyl (C=O) groups excluding carboxylic acids is 1. The lowest BCUT2D eigenvalue weighted by Gasteiger charge is -2.18. The second-order valence-corrected chi connectivity index (χ2v) is 3.24. The van der Waals surface area contributed by atoms with Crippen LogP contribution < -0.4 is 0 Å². The van der Waals surface area contributed by atoms with E-state index in [2.05, 4.69) is 5.92 Å². The van der Waals surface area contributed by atoms with E-state index in [0.717, 1.165) is 6.42 Å². The Morgan fingerprint density at radius 2 is 2.55 bits per heavy atom. The van der Waals surface area contributed by atoms with Crippen molar-refractivity contribution in [2.45, 2.75) is 18.1 Å². The van der Waals surface area contributed by atoms with Gasteiger partial charge in [0.25, 0.3) is 5.91 Å². The second-order valence-electron chi connectivity index (χ2n) is 3.24. The van der Waals surface area contributed by atoms with Crippen molar-refractivity contribution in [3.63, 3.8) is 0 Å². The average molecular weight is 151 g/mol. The minimum absolute atomic E-state index is 0.00926. The number of likely N-dealkylation sites (N-methyl/N-ethyl adjacent to an activating group) is 1. The van der Waals surface area contributed by atoms with E-state index in [0.29, 0.717) is 0 Å². The molecule has 3 heteroatoms. The van der Waals surface area contributed by atoms with Crippen molar-refractivity contribution in [1.29, 1.82) is 0 Å². The average Bonchev–Trinajstić information content (AvgIpc) is 2.75. The van der Waals surface area contributed by atoms with E-state index in [4.69, 9.17) is 6.42 Å². The Labute approximate surface area is 65.0 Å². The van der Waals surface area contributed by atoms with E-state index >= 15 is 0 Å². The molecule has 1 N–H and O–H groups in total. The molecule has 0 aromatic rings. The molecular formula is C8H9NO2. The topological polar surface area (TPSA) is 40.5 Å². The van der Waals surface area contributed by atoms with Crippen LogP contribution in [0.25, 0.3) is 0 Å². The smallest absolute Gasteiger partial charge is 0.267 e. The summed E-state index contributed by atoms with van der Waals surface area (Å²) in [6.07, 6.45) is 5.94. The third kappa shape index (κ3) is 0.561. The summed E-state index contributed by atoms with van der Waals surface area (Å²) in [6.45, 7) is 0. The lowest BCUT2D eigenvalue weighted by Crippen LogP contribution is -2.41. The van der Waals surface area contributed by atoms with Gasteiger partial charge in [-0.2, -0.15) is 0 Å². The molecule has 1 unspecified atom stereocenters. The van der Waals surface area contributed by atoms with Crippen LogP contribution in [0.3, 0.4) is 0 Å². The zero-order valence-electron chi connectivity index (χ0n) is 6.24. The van der Waals surface area contributed by atoms with Crippen LogP contribution >= 0.6 is 0 Å². The highest BCUT2D eigenvalue weighted by molar-refractivity contribution is 5.93. The van der Waals surface area contributed by atoms with E-state index in [9.17, 15) is 9.90 Å². The van der Waals surface area contributed by atoms with Gasteiger partial charge in [-0.3, -0.25) is 4.79 Å². The monoisotopic (exact) mass is 151 g/mol. The molecule has 2 fully saturated rings. The summed E-state index contributed by atoms with van der Waals surface area (Å²) in [5.74, 6) is 1.85. The molecule has 0 bridgehead atoms. The number of hydrogen-bond acceptors (Lipinski definition) is 2. The number of aliphatic hydroxyl groups is 1. The van der Waals surface area contributed by atoms with Crippen molar-refractivity contribution in [2.24, 2.45) is 5.92 Å². The van der Waals surface area contributed by atoms with E-state index < -0.39 is 5.60 Å². The summed E-state index contributed by atoms with van der Waals surface area (Å²) in [5.41, 5.74) is -1.49. The number of piperidine rings is 1. The summed E-state index contributed by atoms with van der Waals surface area (Å²) in [5, 5.41) is 9.62. The molecule has 3 atom stereocenters. The van der Waals surface area contributed by atoms with Gasteiger partial charge in [0, 0.05) is 19.0 Å². The summed E-state index contributed by atoms with van der Waals surface area (Å²) in [4.78, 5) is 12.8. The molecule has 1 saturated carbocycles. The highest BCUT2D eigenvalue weighted by Gasteiger charge is 2.65. The highest BCUT2D eigenvalue weighted by Crippen LogP contribution is 2.50. The number of carbonyl (C=O) groups is 1. The summed E-state index contributed by atoms with van der Waals surface area (Å²) >= 11 is 0. The van der Waals surface area contributed by atoms with Gasteiger partial charge in [-0.05, 0) is 6.42 Å². The largest absolute Gasteiger partial charge is 0.369 e. The maximum atomic E-state index is 11.2. The molecule has 2 rings (SSSR count). The van der Waals surface area contributed by atoms with Gasteiger partial charge in [0.1, 0.15) is 0 Å². The van der Waals surface area contributed by atoms with Gasteiger partial charge >= 0.3 is 0 Å². The maximum Gasteiger partial charge on any atom is 0.267 e. The molecule has 1 aliphatic heterocycles. The summed E-state index contributed by atoms with van der Waals surface area (Å²) in [6, 6.07) is 0.198. The minimum atomic E-state index is -1.49. The first kappa shape index (κ1) is 6.68. The first-order valence-corrected chi connectivity index (χ1v) is 3.58. The zero-order valence-corrected chi connectivity index (χ0v) is 6.24. The van der Waals surface area contributed by atoms with Gasteiger partial charge in [0.05, 0.1) is 0 Å². The van der Waals surface area contributed by atoms with Gasteiger partial charge in [-0.25, -0.2) is 0 Å².